The third-order valence-electron chi connectivity index (χ3n) is 4.36. The van der Waals surface area contributed by atoms with Gasteiger partial charge in [-0.1, -0.05) is 0 Å². The molecule has 3 heterocycles. The van der Waals surface area contributed by atoms with Gasteiger partial charge in [-0.15, -0.1) is 0 Å². The van der Waals surface area contributed by atoms with E-state index in [4.69, 9.17) is 0 Å². The van der Waals surface area contributed by atoms with E-state index >= 15 is 0 Å². The second-order valence-corrected chi connectivity index (χ2v) is 6.95. The van der Waals surface area contributed by atoms with E-state index in [1.165, 1.54) is 0 Å². The van der Waals surface area contributed by atoms with E-state index in [0.29, 0.717) is 16.5 Å². The molecular weight excluding hydrogens is 298 g/mol. The fraction of sp³-hybridized carbons (Fsp3) is 0.438. The third-order valence-corrected chi connectivity index (χ3v) is 5.30. The molecule has 1 amide bonds. The molecule has 2 aromatic rings. The van der Waals surface area contributed by atoms with Crippen LogP contribution in [0.25, 0.3) is 10.9 Å². The normalized spacial score (nSPS) is 17.7. The lowest BCUT2D eigenvalue weighted by atomic mass is 10.1. The molecule has 22 heavy (non-hydrogen) atoms. The van der Waals surface area contributed by atoms with E-state index in [9.17, 15) is 9.59 Å². The Morgan fingerprint density at radius 1 is 1.18 bits per heavy atom. The molecule has 0 N–H and O–H groups in total. The lowest BCUT2D eigenvalue weighted by Crippen LogP contribution is -2.37. The number of hydrogen-bond acceptors (Lipinski definition) is 4. The van der Waals surface area contributed by atoms with Gasteiger partial charge >= 0.3 is 0 Å². The monoisotopic (exact) mass is 315 g/mol. The zero-order valence-corrected chi connectivity index (χ0v) is 13.1. The molecule has 0 unspecified atom stereocenters. The molecule has 1 aromatic carbocycles. The van der Waals surface area contributed by atoms with E-state index in [1.54, 1.807) is 22.8 Å². The Bertz CT molecular complexity index is 809. The van der Waals surface area contributed by atoms with Gasteiger partial charge in [0.15, 0.2) is 0 Å². The zero-order chi connectivity index (χ0) is 15.1. The number of aryl methyl sites for hydroxylation is 1. The molecule has 1 saturated heterocycles. The molecule has 2 aliphatic rings. The summed E-state index contributed by atoms with van der Waals surface area (Å²) in [7, 11) is 0. The van der Waals surface area contributed by atoms with Crippen molar-refractivity contribution in [3.63, 3.8) is 0 Å². The molecule has 0 saturated carbocycles. The van der Waals surface area contributed by atoms with Crippen LogP contribution in [-0.4, -0.2) is 45.0 Å². The average Bonchev–Trinajstić information content (AvgIpc) is 3.03. The van der Waals surface area contributed by atoms with Gasteiger partial charge in [0, 0.05) is 43.1 Å². The van der Waals surface area contributed by atoms with Crippen molar-refractivity contribution in [3.8, 4) is 0 Å². The summed E-state index contributed by atoms with van der Waals surface area (Å²) in [6.07, 6.45) is 1.81. The number of carbonyl (C=O) groups excluding carboxylic acids is 1. The maximum absolute atomic E-state index is 12.6. The first-order chi connectivity index (χ1) is 10.7. The van der Waals surface area contributed by atoms with Crippen molar-refractivity contribution < 1.29 is 4.79 Å². The molecule has 0 bridgehead atoms. The highest BCUT2D eigenvalue weighted by Crippen LogP contribution is 2.18. The van der Waals surface area contributed by atoms with Crippen LogP contribution < -0.4 is 5.56 Å². The molecule has 4 rings (SSSR count). The summed E-state index contributed by atoms with van der Waals surface area (Å²) in [5.41, 5.74) is 1.30. The van der Waals surface area contributed by atoms with Crippen LogP contribution in [0.3, 0.4) is 0 Å². The zero-order valence-electron chi connectivity index (χ0n) is 12.2. The fourth-order valence-electron chi connectivity index (χ4n) is 3.17. The summed E-state index contributed by atoms with van der Waals surface area (Å²) in [4.78, 5) is 31.5. The van der Waals surface area contributed by atoms with Crippen molar-refractivity contribution in [2.24, 2.45) is 0 Å². The largest absolute Gasteiger partial charge is 0.337 e. The van der Waals surface area contributed by atoms with Crippen LogP contribution in [0.4, 0.5) is 0 Å². The van der Waals surface area contributed by atoms with E-state index in [1.807, 2.05) is 16.7 Å². The van der Waals surface area contributed by atoms with Crippen molar-refractivity contribution in [3.05, 3.63) is 39.9 Å². The van der Waals surface area contributed by atoms with Gasteiger partial charge in [-0.05, 0) is 24.6 Å². The van der Waals surface area contributed by atoms with Crippen LogP contribution in [0, 0.1) is 0 Å². The van der Waals surface area contributed by atoms with Gasteiger partial charge in [0.2, 0.25) is 0 Å². The molecule has 0 radical (unpaired) electrons. The Hall–Kier alpha value is -1.82. The predicted octanol–water partition coefficient (Wildman–Crippen LogP) is 1.53. The Morgan fingerprint density at radius 2 is 2.00 bits per heavy atom. The number of hydrogen-bond donors (Lipinski definition) is 0. The lowest BCUT2D eigenvalue weighted by molar-refractivity contribution is 0.0772. The maximum Gasteiger partial charge on any atom is 0.261 e. The summed E-state index contributed by atoms with van der Waals surface area (Å²) in [5.74, 6) is 2.87. The second-order valence-electron chi connectivity index (χ2n) is 5.72. The Balaban J connectivity index is 1.76. The predicted molar refractivity (Wildman–Crippen MR) is 87.6 cm³/mol. The first-order valence-electron chi connectivity index (χ1n) is 7.64. The summed E-state index contributed by atoms with van der Waals surface area (Å²) in [6.45, 7) is 2.34. The third kappa shape index (κ3) is 2.22. The van der Waals surface area contributed by atoms with Crippen LogP contribution in [0.5, 0.6) is 0 Å². The first kappa shape index (κ1) is 13.8. The van der Waals surface area contributed by atoms with Gasteiger partial charge in [-0.25, -0.2) is 4.98 Å². The molecule has 5 nitrogen and oxygen atoms in total. The smallest absolute Gasteiger partial charge is 0.261 e. The average molecular weight is 315 g/mol. The van der Waals surface area contributed by atoms with Gasteiger partial charge in [0.05, 0.1) is 10.9 Å². The molecule has 6 heteroatoms. The number of benzene rings is 1. The van der Waals surface area contributed by atoms with Crippen LogP contribution in [0.15, 0.2) is 23.0 Å². The molecule has 114 valence electrons. The van der Waals surface area contributed by atoms with Crippen molar-refractivity contribution >= 4 is 28.6 Å². The first-order valence-corrected chi connectivity index (χ1v) is 8.80. The van der Waals surface area contributed by atoms with Gasteiger partial charge in [0.25, 0.3) is 11.5 Å². The molecule has 0 aliphatic carbocycles. The van der Waals surface area contributed by atoms with E-state index in [0.717, 1.165) is 49.8 Å². The number of aromatic nitrogens is 2. The molecule has 1 fully saturated rings. The van der Waals surface area contributed by atoms with Gasteiger partial charge < -0.3 is 4.90 Å². The number of fused-ring (bicyclic) bond motifs is 2. The molecular formula is C16H17N3O2S. The minimum absolute atomic E-state index is 0.0193. The van der Waals surface area contributed by atoms with Crippen LogP contribution in [0.2, 0.25) is 0 Å². The second kappa shape index (κ2) is 5.43. The highest BCUT2D eigenvalue weighted by Gasteiger charge is 2.20. The maximum atomic E-state index is 12.6. The Labute approximate surface area is 132 Å². The number of nitrogens with zero attached hydrogens (tertiary/aromatic N) is 3. The lowest BCUT2D eigenvalue weighted by Gasteiger charge is -2.26. The summed E-state index contributed by atoms with van der Waals surface area (Å²) < 4.78 is 1.76. The minimum atomic E-state index is 0.0193. The van der Waals surface area contributed by atoms with Crippen molar-refractivity contribution in [2.45, 2.75) is 19.4 Å². The quantitative estimate of drug-likeness (QED) is 0.801. The van der Waals surface area contributed by atoms with Crippen LogP contribution in [0.1, 0.15) is 22.6 Å². The molecule has 2 aliphatic heterocycles. The minimum Gasteiger partial charge on any atom is -0.337 e. The number of thioether (sulfide) groups is 1. The standard InChI is InChI=1S/C16H17N3O2S/c20-15(18-6-8-22-9-7-18)11-3-4-12-13(10-11)17-14-2-1-5-19(14)16(12)21/h3-4,10H,1-2,5-9H2. The summed E-state index contributed by atoms with van der Waals surface area (Å²) in [6, 6.07) is 5.29. The summed E-state index contributed by atoms with van der Waals surface area (Å²) in [5, 5.41) is 0.608. The molecule has 0 atom stereocenters. The topological polar surface area (TPSA) is 55.2 Å². The van der Waals surface area contributed by atoms with Crippen molar-refractivity contribution in [1.82, 2.24) is 14.5 Å². The SMILES string of the molecule is O=C(c1ccc2c(=O)n3c(nc2c1)CCC3)N1CCSCC1. The summed E-state index contributed by atoms with van der Waals surface area (Å²) >= 11 is 1.88. The van der Waals surface area contributed by atoms with E-state index < -0.39 is 0 Å². The van der Waals surface area contributed by atoms with Gasteiger partial charge in [-0.3, -0.25) is 14.2 Å². The van der Waals surface area contributed by atoms with Gasteiger partial charge in [-0.2, -0.15) is 11.8 Å². The van der Waals surface area contributed by atoms with Crippen molar-refractivity contribution in [1.29, 1.82) is 0 Å². The Kier molecular flexibility index (Phi) is 3.41. The van der Waals surface area contributed by atoms with Crippen LogP contribution in [-0.2, 0) is 13.0 Å². The van der Waals surface area contributed by atoms with E-state index in [-0.39, 0.29) is 11.5 Å². The number of rotatable bonds is 1. The van der Waals surface area contributed by atoms with E-state index in [2.05, 4.69) is 4.98 Å². The Morgan fingerprint density at radius 3 is 2.82 bits per heavy atom. The fourth-order valence-corrected chi connectivity index (χ4v) is 4.07. The van der Waals surface area contributed by atoms with Gasteiger partial charge in [0.1, 0.15) is 5.82 Å². The highest BCUT2D eigenvalue weighted by molar-refractivity contribution is 7.99. The van der Waals surface area contributed by atoms with Crippen LogP contribution >= 0.6 is 11.8 Å². The molecule has 1 aromatic heterocycles. The number of carbonyl (C=O) groups is 1. The molecule has 0 spiro atoms. The van der Waals surface area contributed by atoms with Crippen molar-refractivity contribution in [2.75, 3.05) is 24.6 Å². The number of amides is 1. The highest BCUT2D eigenvalue weighted by atomic mass is 32.2.